The van der Waals surface area contributed by atoms with E-state index >= 15 is 0 Å². The van der Waals surface area contributed by atoms with Gasteiger partial charge in [-0.1, -0.05) is 19.1 Å². The minimum absolute atomic E-state index is 0.0717. The molecule has 0 spiro atoms. The van der Waals surface area contributed by atoms with Gasteiger partial charge in [0.2, 0.25) is 0 Å². The van der Waals surface area contributed by atoms with Crippen molar-refractivity contribution in [2.45, 2.75) is 38.4 Å². The fraction of sp³-hybridized carbons (Fsp3) is 0.429. The molecule has 5 nitrogen and oxygen atoms in total. The van der Waals surface area contributed by atoms with Crippen molar-refractivity contribution in [3.05, 3.63) is 29.8 Å². The number of carbonyl (C=O) groups is 2. The van der Waals surface area contributed by atoms with Crippen molar-refractivity contribution in [2.75, 3.05) is 5.32 Å². The molecule has 0 aromatic heterocycles. The monoisotopic (exact) mass is 318 g/mol. The van der Waals surface area contributed by atoms with E-state index in [2.05, 4.69) is 10.6 Å². The molecule has 0 heterocycles. The highest BCUT2D eigenvalue weighted by Crippen LogP contribution is 2.22. The number of hydrogen-bond acceptors (Lipinski definition) is 2. The Morgan fingerprint density at radius 2 is 1.73 bits per heavy atom. The van der Waals surface area contributed by atoms with Crippen molar-refractivity contribution in [1.29, 1.82) is 0 Å². The van der Waals surface area contributed by atoms with E-state index in [-0.39, 0.29) is 17.7 Å². The Morgan fingerprint density at radius 1 is 1.18 bits per heavy atom. The van der Waals surface area contributed by atoms with Crippen molar-refractivity contribution in [3.63, 3.8) is 0 Å². The number of anilines is 1. The summed E-state index contributed by atoms with van der Waals surface area (Å²) in [6.07, 6.45) is -5.16. The highest BCUT2D eigenvalue weighted by Gasteiger charge is 2.32. The smallest absolute Gasteiger partial charge is 0.393 e. The normalized spacial score (nSPS) is 14.0. The van der Waals surface area contributed by atoms with Gasteiger partial charge in [-0.05, 0) is 31.0 Å². The van der Waals surface area contributed by atoms with E-state index in [9.17, 15) is 22.8 Å². The van der Waals surface area contributed by atoms with Crippen LogP contribution in [0.25, 0.3) is 0 Å². The van der Waals surface area contributed by atoms with Gasteiger partial charge in [-0.3, -0.25) is 0 Å². The molecule has 0 saturated heterocycles. The molecule has 0 bridgehead atoms. The zero-order chi connectivity index (χ0) is 17.0. The quantitative estimate of drug-likeness (QED) is 0.780. The number of rotatable bonds is 5. The molecule has 1 rings (SSSR count). The molecule has 0 aliphatic carbocycles. The Labute approximate surface area is 125 Å². The summed E-state index contributed by atoms with van der Waals surface area (Å²) in [5, 5.41) is 13.7. The third kappa shape index (κ3) is 5.27. The van der Waals surface area contributed by atoms with Gasteiger partial charge in [0.05, 0.1) is 6.42 Å². The second-order valence-corrected chi connectivity index (χ2v) is 5.06. The molecule has 0 aliphatic heterocycles. The molecule has 0 radical (unpaired) electrons. The van der Waals surface area contributed by atoms with Crippen LogP contribution >= 0.6 is 0 Å². The molecule has 0 fully saturated rings. The van der Waals surface area contributed by atoms with Gasteiger partial charge >= 0.3 is 18.2 Å². The van der Waals surface area contributed by atoms with Crippen LogP contribution in [0.15, 0.2) is 24.3 Å². The van der Waals surface area contributed by atoms with Gasteiger partial charge in [-0.2, -0.15) is 13.2 Å². The number of benzene rings is 1. The predicted molar refractivity (Wildman–Crippen MR) is 74.7 cm³/mol. The van der Waals surface area contributed by atoms with E-state index in [4.69, 9.17) is 5.11 Å². The molecule has 122 valence electrons. The first-order valence-corrected chi connectivity index (χ1v) is 6.54. The highest BCUT2D eigenvalue weighted by molar-refractivity contribution is 5.93. The second kappa shape index (κ2) is 6.67. The SMILES string of the molecule is CC[C@@](C)(NC(=O)Nc1ccc(CC(F)(F)F)cc1)C(=O)O. The molecule has 3 N–H and O–H groups in total. The summed E-state index contributed by atoms with van der Waals surface area (Å²) >= 11 is 0. The summed E-state index contributed by atoms with van der Waals surface area (Å²) in [6, 6.07) is 4.41. The van der Waals surface area contributed by atoms with E-state index < -0.39 is 30.1 Å². The van der Waals surface area contributed by atoms with Gasteiger partial charge in [0.15, 0.2) is 0 Å². The Kier molecular flexibility index (Phi) is 5.40. The average molecular weight is 318 g/mol. The summed E-state index contributed by atoms with van der Waals surface area (Å²) in [7, 11) is 0. The molecular formula is C14H17F3N2O3. The topological polar surface area (TPSA) is 78.4 Å². The lowest BCUT2D eigenvalue weighted by Crippen LogP contribution is -2.53. The lowest BCUT2D eigenvalue weighted by Gasteiger charge is -2.24. The summed E-state index contributed by atoms with van der Waals surface area (Å²) in [5.41, 5.74) is -1.07. The van der Waals surface area contributed by atoms with Gasteiger partial charge in [0, 0.05) is 5.69 Å². The van der Waals surface area contributed by atoms with Gasteiger partial charge in [-0.15, -0.1) is 0 Å². The third-order valence-corrected chi connectivity index (χ3v) is 3.18. The Morgan fingerprint density at radius 3 is 2.14 bits per heavy atom. The fourth-order valence-electron chi connectivity index (χ4n) is 1.64. The highest BCUT2D eigenvalue weighted by atomic mass is 19.4. The van der Waals surface area contributed by atoms with Crippen molar-refractivity contribution in [1.82, 2.24) is 5.32 Å². The molecule has 2 amide bonds. The van der Waals surface area contributed by atoms with Crippen LogP contribution in [0.2, 0.25) is 0 Å². The van der Waals surface area contributed by atoms with E-state index in [1.807, 2.05) is 0 Å². The lowest BCUT2D eigenvalue weighted by molar-refractivity contribution is -0.143. The van der Waals surface area contributed by atoms with Gasteiger partial charge in [-0.25, -0.2) is 9.59 Å². The maximum Gasteiger partial charge on any atom is 0.393 e. The van der Waals surface area contributed by atoms with Crippen molar-refractivity contribution >= 4 is 17.7 Å². The Bertz CT molecular complexity index is 543. The second-order valence-electron chi connectivity index (χ2n) is 5.06. The molecule has 22 heavy (non-hydrogen) atoms. The standard InChI is InChI=1S/C14H17F3N2O3/c1-3-13(2,11(20)21)19-12(22)18-10-6-4-9(5-7-10)8-14(15,16)17/h4-7H,3,8H2,1-2H3,(H,20,21)(H2,18,19,22)/t13-/m1/s1. The Hall–Kier alpha value is -2.25. The largest absolute Gasteiger partial charge is 0.480 e. The zero-order valence-corrected chi connectivity index (χ0v) is 12.1. The minimum Gasteiger partial charge on any atom is -0.480 e. The number of nitrogens with one attached hydrogen (secondary N) is 2. The molecule has 0 saturated carbocycles. The first-order chi connectivity index (χ1) is 10.1. The summed E-state index contributed by atoms with van der Waals surface area (Å²) in [4.78, 5) is 22.8. The van der Waals surface area contributed by atoms with E-state index in [0.29, 0.717) is 0 Å². The number of carbonyl (C=O) groups excluding carboxylic acids is 1. The predicted octanol–water partition coefficient (Wildman–Crippen LogP) is 3.17. The molecule has 0 unspecified atom stereocenters. The van der Waals surface area contributed by atoms with Crippen molar-refractivity contribution in [2.24, 2.45) is 0 Å². The molecular weight excluding hydrogens is 301 g/mol. The van der Waals surface area contributed by atoms with Crippen LogP contribution in [0.4, 0.5) is 23.7 Å². The van der Waals surface area contributed by atoms with Crippen LogP contribution < -0.4 is 10.6 Å². The van der Waals surface area contributed by atoms with E-state index in [0.717, 1.165) is 0 Å². The van der Waals surface area contributed by atoms with E-state index in [1.54, 1.807) is 6.92 Å². The molecule has 8 heteroatoms. The number of halogens is 3. The van der Waals surface area contributed by atoms with Crippen LogP contribution in [0.5, 0.6) is 0 Å². The number of carboxylic acids is 1. The maximum atomic E-state index is 12.2. The first-order valence-electron chi connectivity index (χ1n) is 6.54. The molecule has 1 aromatic carbocycles. The number of carboxylic acid groups (broad SMARTS) is 1. The van der Waals surface area contributed by atoms with Crippen LogP contribution in [-0.2, 0) is 11.2 Å². The fourth-order valence-corrected chi connectivity index (χ4v) is 1.64. The number of urea groups is 1. The molecule has 0 aliphatic rings. The number of aliphatic carboxylic acids is 1. The average Bonchev–Trinajstić information content (AvgIpc) is 2.39. The van der Waals surface area contributed by atoms with Crippen LogP contribution in [0, 0.1) is 0 Å². The Balaban J connectivity index is 2.67. The lowest BCUT2D eigenvalue weighted by atomic mass is 10.00. The summed E-state index contributed by atoms with van der Waals surface area (Å²) < 4.78 is 36.7. The molecule has 1 atom stereocenters. The van der Waals surface area contributed by atoms with Crippen LogP contribution in [0.1, 0.15) is 25.8 Å². The molecule has 1 aromatic rings. The summed E-state index contributed by atoms with van der Waals surface area (Å²) in [5.74, 6) is -1.18. The number of amides is 2. The van der Waals surface area contributed by atoms with Gasteiger partial charge < -0.3 is 15.7 Å². The maximum absolute atomic E-state index is 12.2. The van der Waals surface area contributed by atoms with Crippen LogP contribution in [0.3, 0.4) is 0 Å². The van der Waals surface area contributed by atoms with Crippen molar-refractivity contribution in [3.8, 4) is 0 Å². The zero-order valence-electron chi connectivity index (χ0n) is 12.1. The third-order valence-electron chi connectivity index (χ3n) is 3.18. The van der Waals surface area contributed by atoms with Gasteiger partial charge in [0.25, 0.3) is 0 Å². The van der Waals surface area contributed by atoms with Crippen molar-refractivity contribution < 1.29 is 27.9 Å². The van der Waals surface area contributed by atoms with Gasteiger partial charge in [0.1, 0.15) is 5.54 Å². The first kappa shape index (κ1) is 17.8. The minimum atomic E-state index is -4.29. The van der Waals surface area contributed by atoms with Crippen LogP contribution in [-0.4, -0.2) is 28.8 Å². The number of hydrogen-bond donors (Lipinski definition) is 3. The number of alkyl halides is 3. The summed E-state index contributed by atoms with van der Waals surface area (Å²) in [6.45, 7) is 2.97. The van der Waals surface area contributed by atoms with E-state index in [1.165, 1.54) is 31.2 Å².